The van der Waals surface area contributed by atoms with E-state index in [1.807, 2.05) is 6.92 Å². The third kappa shape index (κ3) is 3.64. The highest BCUT2D eigenvalue weighted by molar-refractivity contribution is 7.80. The Morgan fingerprint density at radius 3 is 2.50 bits per heavy atom. The summed E-state index contributed by atoms with van der Waals surface area (Å²) in [4.78, 5) is 12.6. The first-order valence-electron chi connectivity index (χ1n) is 3.70. The van der Waals surface area contributed by atoms with Crippen LogP contribution in [0.4, 0.5) is 0 Å². The van der Waals surface area contributed by atoms with Crippen molar-refractivity contribution in [2.75, 3.05) is 13.6 Å². The van der Waals surface area contributed by atoms with Crippen molar-refractivity contribution in [1.29, 1.82) is 0 Å². The monoisotopic (exact) mass is 190 g/mol. The number of nitrogens with two attached hydrogens (primary N) is 1. The quantitative estimate of drug-likeness (QED) is 0.600. The van der Waals surface area contributed by atoms with E-state index in [1.165, 1.54) is 0 Å². The highest BCUT2D eigenvalue weighted by atomic mass is 32.1. The fourth-order valence-electron chi connectivity index (χ4n) is 1.03. The molecular formula is C7H14N2O2S. The summed E-state index contributed by atoms with van der Waals surface area (Å²) in [5.74, 6) is -0.837. The zero-order valence-corrected chi connectivity index (χ0v) is 8.10. The van der Waals surface area contributed by atoms with Gasteiger partial charge in [-0.25, -0.2) is 0 Å². The number of thiocarbonyl (C=S) groups is 1. The molecule has 0 aliphatic heterocycles. The van der Waals surface area contributed by atoms with Crippen molar-refractivity contribution in [1.82, 2.24) is 4.90 Å². The molecule has 70 valence electrons. The molecule has 0 rings (SSSR count). The third-order valence-electron chi connectivity index (χ3n) is 1.61. The normalized spacial score (nSPS) is 12.9. The van der Waals surface area contributed by atoms with Crippen LogP contribution in [0, 0.1) is 0 Å². The predicted octanol–water partition coefficient (Wildman–Crippen LogP) is 0.0675. The van der Waals surface area contributed by atoms with Gasteiger partial charge in [0.25, 0.3) is 0 Å². The van der Waals surface area contributed by atoms with Crippen LogP contribution in [0.3, 0.4) is 0 Å². The zero-order valence-electron chi connectivity index (χ0n) is 7.28. The lowest BCUT2D eigenvalue weighted by Gasteiger charge is -2.22. The molecule has 0 fully saturated rings. The largest absolute Gasteiger partial charge is 0.480 e. The molecule has 1 unspecified atom stereocenters. The summed E-state index contributed by atoms with van der Waals surface area (Å²) >= 11 is 4.67. The second-order valence-corrected chi connectivity index (χ2v) is 3.17. The smallest absolute Gasteiger partial charge is 0.320 e. The Morgan fingerprint density at radius 1 is 1.75 bits per heavy atom. The van der Waals surface area contributed by atoms with Gasteiger partial charge in [-0.3, -0.25) is 9.69 Å². The van der Waals surface area contributed by atoms with Crippen molar-refractivity contribution in [3.05, 3.63) is 0 Å². The van der Waals surface area contributed by atoms with Crippen LogP contribution in [0.25, 0.3) is 0 Å². The second kappa shape index (κ2) is 5.05. The van der Waals surface area contributed by atoms with Gasteiger partial charge in [0, 0.05) is 6.54 Å². The molecule has 0 spiro atoms. The molecule has 0 aromatic rings. The van der Waals surface area contributed by atoms with Gasteiger partial charge in [-0.2, -0.15) is 0 Å². The number of likely N-dealkylation sites (N-methyl/N-ethyl adjacent to an activating group) is 1. The van der Waals surface area contributed by atoms with E-state index in [4.69, 9.17) is 10.8 Å². The first-order valence-corrected chi connectivity index (χ1v) is 4.11. The summed E-state index contributed by atoms with van der Waals surface area (Å²) < 4.78 is 0. The molecule has 0 saturated carbocycles. The van der Waals surface area contributed by atoms with Gasteiger partial charge in [0.2, 0.25) is 0 Å². The van der Waals surface area contributed by atoms with Gasteiger partial charge < -0.3 is 10.8 Å². The van der Waals surface area contributed by atoms with Crippen LogP contribution in [-0.2, 0) is 4.79 Å². The number of carboxylic acid groups (broad SMARTS) is 1. The molecule has 4 nitrogen and oxygen atoms in total. The Bertz CT molecular complexity index is 184. The molecule has 0 heterocycles. The summed E-state index contributed by atoms with van der Waals surface area (Å²) in [6.07, 6.45) is 0.550. The Labute approximate surface area is 77.3 Å². The van der Waals surface area contributed by atoms with Gasteiger partial charge >= 0.3 is 5.97 Å². The van der Waals surface area contributed by atoms with Gasteiger partial charge in [-0.05, 0) is 13.5 Å². The summed E-state index contributed by atoms with van der Waals surface area (Å²) in [6, 6.07) is -0.494. The molecule has 0 saturated heterocycles. The minimum absolute atomic E-state index is 0.317. The summed E-state index contributed by atoms with van der Waals surface area (Å²) in [7, 11) is 1.70. The number of rotatable bonds is 5. The van der Waals surface area contributed by atoms with E-state index in [2.05, 4.69) is 12.2 Å². The maximum Gasteiger partial charge on any atom is 0.320 e. The van der Waals surface area contributed by atoms with Gasteiger partial charge in [0.15, 0.2) is 0 Å². The Balaban J connectivity index is 4.11. The topological polar surface area (TPSA) is 66.6 Å². The van der Waals surface area contributed by atoms with E-state index in [-0.39, 0.29) is 0 Å². The molecule has 0 radical (unpaired) electrons. The first-order chi connectivity index (χ1) is 5.49. The SMILES string of the molecule is CCC(C(=O)O)N(C)CC(N)=S. The Hall–Kier alpha value is -0.680. The van der Waals surface area contributed by atoms with E-state index >= 15 is 0 Å². The molecule has 0 amide bonds. The lowest BCUT2D eigenvalue weighted by Crippen LogP contribution is -2.42. The number of aliphatic carboxylic acids is 1. The molecule has 12 heavy (non-hydrogen) atoms. The van der Waals surface area contributed by atoms with Crippen LogP contribution in [0.15, 0.2) is 0 Å². The lowest BCUT2D eigenvalue weighted by atomic mass is 10.2. The van der Waals surface area contributed by atoms with Crippen LogP contribution in [0.5, 0.6) is 0 Å². The molecule has 0 bridgehead atoms. The van der Waals surface area contributed by atoms with Crippen molar-refractivity contribution in [2.24, 2.45) is 5.73 Å². The van der Waals surface area contributed by atoms with Crippen LogP contribution in [0.1, 0.15) is 13.3 Å². The number of hydrogen-bond donors (Lipinski definition) is 2. The van der Waals surface area contributed by atoms with Crippen molar-refractivity contribution in [3.8, 4) is 0 Å². The summed E-state index contributed by atoms with van der Waals surface area (Å²) in [6.45, 7) is 2.16. The molecule has 5 heteroatoms. The fourth-order valence-corrected chi connectivity index (χ4v) is 1.23. The zero-order chi connectivity index (χ0) is 9.72. The fraction of sp³-hybridized carbons (Fsp3) is 0.714. The Kier molecular flexibility index (Phi) is 4.77. The summed E-state index contributed by atoms with van der Waals surface area (Å²) in [5.41, 5.74) is 5.28. The highest BCUT2D eigenvalue weighted by Gasteiger charge is 2.20. The molecule has 0 aliphatic carbocycles. The molecular weight excluding hydrogens is 176 g/mol. The minimum atomic E-state index is -0.837. The van der Waals surface area contributed by atoms with E-state index in [0.717, 1.165) is 0 Å². The third-order valence-corrected chi connectivity index (χ3v) is 1.74. The Morgan fingerprint density at radius 2 is 2.25 bits per heavy atom. The standard InChI is InChI=1S/C7H14N2O2S/c1-3-5(7(10)11)9(2)4-6(8)12/h5H,3-4H2,1-2H3,(H2,8,12)(H,10,11). The van der Waals surface area contributed by atoms with E-state index in [0.29, 0.717) is 18.0 Å². The molecule has 1 atom stereocenters. The van der Waals surface area contributed by atoms with Crippen LogP contribution < -0.4 is 5.73 Å². The van der Waals surface area contributed by atoms with E-state index < -0.39 is 12.0 Å². The summed E-state index contributed by atoms with van der Waals surface area (Å²) in [5, 5.41) is 8.73. The second-order valence-electron chi connectivity index (χ2n) is 2.64. The number of carboxylic acids is 1. The van der Waals surface area contributed by atoms with E-state index in [1.54, 1.807) is 11.9 Å². The highest BCUT2D eigenvalue weighted by Crippen LogP contribution is 2.00. The average Bonchev–Trinajstić information content (AvgIpc) is 1.85. The predicted molar refractivity (Wildman–Crippen MR) is 51.1 cm³/mol. The van der Waals surface area contributed by atoms with Crippen LogP contribution >= 0.6 is 12.2 Å². The van der Waals surface area contributed by atoms with E-state index in [9.17, 15) is 4.79 Å². The van der Waals surface area contributed by atoms with Gasteiger partial charge in [-0.1, -0.05) is 19.1 Å². The van der Waals surface area contributed by atoms with Crippen LogP contribution in [0.2, 0.25) is 0 Å². The maximum atomic E-state index is 10.6. The van der Waals surface area contributed by atoms with Crippen molar-refractivity contribution in [2.45, 2.75) is 19.4 Å². The number of carbonyl (C=O) groups is 1. The average molecular weight is 190 g/mol. The van der Waals surface area contributed by atoms with Crippen molar-refractivity contribution in [3.63, 3.8) is 0 Å². The number of hydrogen-bond acceptors (Lipinski definition) is 3. The van der Waals surface area contributed by atoms with Gasteiger partial charge in [0.05, 0.1) is 4.99 Å². The van der Waals surface area contributed by atoms with Gasteiger partial charge in [-0.15, -0.1) is 0 Å². The van der Waals surface area contributed by atoms with Crippen molar-refractivity contribution < 1.29 is 9.90 Å². The molecule has 0 aliphatic rings. The first kappa shape index (κ1) is 11.3. The molecule has 0 aromatic carbocycles. The minimum Gasteiger partial charge on any atom is -0.480 e. The molecule has 3 N–H and O–H groups in total. The van der Waals surface area contributed by atoms with Crippen molar-refractivity contribution >= 4 is 23.2 Å². The van der Waals surface area contributed by atoms with Gasteiger partial charge in [0.1, 0.15) is 6.04 Å². The lowest BCUT2D eigenvalue weighted by molar-refractivity contribution is -0.142. The van der Waals surface area contributed by atoms with Crippen LogP contribution in [-0.4, -0.2) is 40.6 Å². The number of nitrogens with zero attached hydrogens (tertiary/aromatic N) is 1. The molecule has 0 aromatic heterocycles. The maximum absolute atomic E-state index is 10.6.